The van der Waals surface area contributed by atoms with Gasteiger partial charge in [-0.2, -0.15) is 0 Å². The van der Waals surface area contributed by atoms with E-state index in [-0.39, 0.29) is 34.4 Å². The molecule has 2 rings (SSSR count). The second-order valence-electron chi connectivity index (χ2n) is 7.63. The van der Waals surface area contributed by atoms with Gasteiger partial charge >= 0.3 is 0 Å². The van der Waals surface area contributed by atoms with Crippen molar-refractivity contribution in [1.29, 1.82) is 0 Å². The smallest absolute Gasteiger partial charge is 0.274 e. The number of likely N-dealkylation sites (N-methyl/N-ethyl adjacent to an activating group) is 2. The van der Waals surface area contributed by atoms with Gasteiger partial charge in [0.25, 0.3) is 5.69 Å². The zero-order valence-corrected chi connectivity index (χ0v) is 19.5. The molecule has 0 aliphatic carbocycles. The molecule has 34 heavy (non-hydrogen) atoms. The Kier molecular flexibility index (Phi) is 10.8. The molecular weight excluding hydrogens is 472 g/mol. The molecule has 4 unspecified atom stereocenters. The topological polar surface area (TPSA) is 204 Å². The molecular formula is C20H30N4O9S. The second kappa shape index (κ2) is 13.1. The Morgan fingerprint density at radius 1 is 1.18 bits per heavy atom. The number of nitrogens with one attached hydrogen (secondary N) is 3. The predicted octanol–water partition coefficient (Wildman–Crippen LogP) is -1.99. The van der Waals surface area contributed by atoms with Crippen LogP contribution >= 0.6 is 11.8 Å². The quantitative estimate of drug-likeness (QED) is 0.130. The van der Waals surface area contributed by atoms with Crippen LogP contribution in [0.4, 0.5) is 5.69 Å². The highest BCUT2D eigenvalue weighted by molar-refractivity contribution is 8.13. The Labute approximate surface area is 200 Å². The van der Waals surface area contributed by atoms with Crippen LogP contribution in [-0.2, 0) is 14.3 Å². The average molecular weight is 503 g/mol. The fourth-order valence-electron chi connectivity index (χ4n) is 3.52. The molecule has 1 aromatic carbocycles. The number of nitro groups is 1. The van der Waals surface area contributed by atoms with Crippen LogP contribution in [-0.4, -0.2) is 99.5 Å². The SMILES string of the molecule is CNC(=O)C(CC(=O)SCC(N[C@@H]1OC(CO)[C@@H](O)[C@H](O)C1O)c1ccccc1[N+](=O)[O-])NC. The lowest BCUT2D eigenvalue weighted by Gasteiger charge is -2.41. The molecule has 190 valence electrons. The zero-order valence-electron chi connectivity index (χ0n) is 18.7. The van der Waals surface area contributed by atoms with Crippen molar-refractivity contribution in [3.8, 4) is 0 Å². The van der Waals surface area contributed by atoms with Gasteiger partial charge in [0.05, 0.1) is 23.6 Å². The zero-order chi connectivity index (χ0) is 25.4. The van der Waals surface area contributed by atoms with E-state index < -0.39 is 54.3 Å². The predicted molar refractivity (Wildman–Crippen MR) is 122 cm³/mol. The Morgan fingerprint density at radius 3 is 2.44 bits per heavy atom. The highest BCUT2D eigenvalue weighted by atomic mass is 32.2. The fraction of sp³-hybridized carbons (Fsp3) is 0.600. The van der Waals surface area contributed by atoms with Crippen LogP contribution in [0.2, 0.25) is 0 Å². The number of benzene rings is 1. The number of nitro benzene ring substituents is 1. The normalized spacial score (nSPS) is 26.5. The van der Waals surface area contributed by atoms with Gasteiger partial charge in [-0.15, -0.1) is 0 Å². The number of thioether (sulfide) groups is 1. The highest BCUT2D eigenvalue weighted by Crippen LogP contribution is 2.30. The number of ether oxygens (including phenoxy) is 1. The van der Waals surface area contributed by atoms with E-state index in [0.29, 0.717) is 0 Å². The number of para-hydroxylation sites is 1. The first-order chi connectivity index (χ1) is 16.1. The van der Waals surface area contributed by atoms with Crippen LogP contribution in [0.3, 0.4) is 0 Å². The molecule has 1 saturated heterocycles. The summed E-state index contributed by atoms with van der Waals surface area (Å²) in [7, 11) is 2.98. The van der Waals surface area contributed by atoms with Crippen molar-refractivity contribution in [2.45, 2.75) is 49.1 Å². The van der Waals surface area contributed by atoms with Crippen molar-refractivity contribution in [1.82, 2.24) is 16.0 Å². The Morgan fingerprint density at radius 2 is 1.85 bits per heavy atom. The summed E-state index contributed by atoms with van der Waals surface area (Å²) in [5.41, 5.74) is -0.0441. The van der Waals surface area contributed by atoms with Gasteiger partial charge in [-0.1, -0.05) is 30.0 Å². The van der Waals surface area contributed by atoms with Crippen LogP contribution in [0.25, 0.3) is 0 Å². The third kappa shape index (κ3) is 6.93. The molecule has 0 aromatic heterocycles. The molecule has 13 nitrogen and oxygen atoms in total. The summed E-state index contributed by atoms with van der Waals surface area (Å²) in [6.45, 7) is -0.641. The molecule has 1 aliphatic heterocycles. The van der Waals surface area contributed by atoms with Crippen LogP contribution in [0.5, 0.6) is 0 Å². The maximum atomic E-state index is 12.5. The van der Waals surface area contributed by atoms with Crippen molar-refractivity contribution in [2.75, 3.05) is 26.5 Å². The van der Waals surface area contributed by atoms with Crippen LogP contribution in [0, 0.1) is 10.1 Å². The summed E-state index contributed by atoms with van der Waals surface area (Å²) >= 11 is 0.827. The van der Waals surface area contributed by atoms with Crippen molar-refractivity contribution in [3.63, 3.8) is 0 Å². The van der Waals surface area contributed by atoms with E-state index in [1.807, 2.05) is 0 Å². The Hall–Kier alpha value is -2.17. The summed E-state index contributed by atoms with van der Waals surface area (Å²) in [5, 5.41) is 59.1. The van der Waals surface area contributed by atoms with Gasteiger partial charge in [0.1, 0.15) is 30.6 Å². The minimum atomic E-state index is -1.65. The average Bonchev–Trinajstić information content (AvgIpc) is 2.84. The van der Waals surface area contributed by atoms with E-state index >= 15 is 0 Å². The molecule has 1 aliphatic rings. The largest absolute Gasteiger partial charge is 0.394 e. The molecule has 1 heterocycles. The lowest BCUT2D eigenvalue weighted by molar-refractivity contribution is -0.385. The van der Waals surface area contributed by atoms with Gasteiger partial charge in [-0.25, -0.2) is 0 Å². The first kappa shape index (κ1) is 28.1. The number of amides is 1. The summed E-state index contributed by atoms with van der Waals surface area (Å²) in [4.78, 5) is 35.4. The summed E-state index contributed by atoms with van der Waals surface area (Å²) in [5.74, 6) is -0.408. The van der Waals surface area contributed by atoms with Gasteiger partial charge < -0.3 is 35.8 Å². The van der Waals surface area contributed by atoms with Gasteiger partial charge in [0.15, 0.2) is 5.12 Å². The molecule has 7 atom stereocenters. The van der Waals surface area contributed by atoms with Crippen molar-refractivity contribution in [2.24, 2.45) is 0 Å². The van der Waals surface area contributed by atoms with E-state index in [9.17, 15) is 40.1 Å². The molecule has 1 aromatic rings. The number of rotatable bonds is 11. The minimum absolute atomic E-state index is 0.0388. The van der Waals surface area contributed by atoms with E-state index in [1.165, 1.54) is 32.3 Å². The molecule has 1 amide bonds. The van der Waals surface area contributed by atoms with Gasteiger partial charge in [0, 0.05) is 30.9 Å². The molecule has 0 saturated carbocycles. The minimum Gasteiger partial charge on any atom is -0.394 e. The third-order valence-electron chi connectivity index (χ3n) is 5.46. The van der Waals surface area contributed by atoms with Crippen LogP contribution in [0.1, 0.15) is 18.0 Å². The first-order valence-electron chi connectivity index (χ1n) is 10.5. The maximum Gasteiger partial charge on any atom is 0.274 e. The van der Waals surface area contributed by atoms with Gasteiger partial charge in [0.2, 0.25) is 5.91 Å². The van der Waals surface area contributed by atoms with Crippen molar-refractivity contribution < 1.29 is 39.7 Å². The van der Waals surface area contributed by atoms with Crippen LogP contribution in [0.15, 0.2) is 24.3 Å². The van der Waals surface area contributed by atoms with Crippen molar-refractivity contribution >= 4 is 28.5 Å². The molecule has 0 bridgehead atoms. The number of hydrogen-bond donors (Lipinski definition) is 7. The second-order valence-corrected chi connectivity index (χ2v) is 8.70. The first-order valence-corrected chi connectivity index (χ1v) is 11.5. The van der Waals surface area contributed by atoms with E-state index in [1.54, 1.807) is 6.07 Å². The third-order valence-corrected chi connectivity index (χ3v) is 6.45. The number of nitrogens with zero attached hydrogens (tertiary/aromatic N) is 1. The maximum absolute atomic E-state index is 12.5. The van der Waals surface area contributed by atoms with E-state index in [4.69, 9.17) is 4.74 Å². The van der Waals surface area contributed by atoms with Gasteiger partial charge in [-0.3, -0.25) is 25.0 Å². The monoisotopic (exact) mass is 502 g/mol. The highest BCUT2D eigenvalue weighted by Gasteiger charge is 2.44. The number of carbonyl (C=O) groups is 2. The molecule has 0 spiro atoms. The summed E-state index contributed by atoms with van der Waals surface area (Å²) < 4.78 is 5.47. The lowest BCUT2D eigenvalue weighted by Crippen LogP contribution is -2.62. The number of hydrogen-bond acceptors (Lipinski definition) is 12. The Bertz CT molecular complexity index is 859. The van der Waals surface area contributed by atoms with Gasteiger partial charge in [-0.05, 0) is 7.05 Å². The summed E-state index contributed by atoms with van der Waals surface area (Å²) in [6, 6.07) is 4.14. The molecule has 7 N–H and O–H groups in total. The van der Waals surface area contributed by atoms with E-state index in [0.717, 1.165) is 11.8 Å². The fourth-order valence-corrected chi connectivity index (χ4v) is 4.43. The number of aliphatic hydroxyl groups excluding tert-OH is 4. The van der Waals surface area contributed by atoms with E-state index in [2.05, 4.69) is 16.0 Å². The number of aliphatic hydroxyl groups is 4. The number of carbonyl (C=O) groups excluding carboxylic acids is 2. The molecule has 14 heteroatoms. The van der Waals surface area contributed by atoms with Crippen LogP contribution < -0.4 is 16.0 Å². The molecule has 0 radical (unpaired) electrons. The Balaban J connectivity index is 2.25. The lowest BCUT2D eigenvalue weighted by atomic mass is 9.97. The van der Waals surface area contributed by atoms with Crippen molar-refractivity contribution in [3.05, 3.63) is 39.9 Å². The standard InChI is InChI=1S/C20H30N4O9S/c1-21-11(19(30)22-2)7-15(26)34-9-12(10-5-3-4-6-13(10)24(31)32)23-20-18(29)17(28)16(27)14(8-25)33-20/h3-6,11-12,14,16-18,20-21,23,25,27-29H,7-9H2,1-2H3,(H,22,30)/t11?,12?,14?,16-,17+,18?,20-/m1/s1. The summed E-state index contributed by atoms with van der Waals surface area (Å²) in [6.07, 6.45) is -7.46. The molecule has 1 fully saturated rings.